The standard InChI is InChI=1S/C10H12N7O4P/c11-3-9(18)13-6-1-2-7(12-4-6)10-16-14-8(15-17-10)5-22(19,20)21/h1-2,4H,3,5,11H2,(H,13,18)(H2,19,20,21). The molecule has 116 valence electrons. The van der Waals surface area contributed by atoms with Gasteiger partial charge in [0.05, 0.1) is 18.4 Å². The van der Waals surface area contributed by atoms with Gasteiger partial charge in [0, 0.05) is 0 Å². The normalized spacial score (nSPS) is 11.2. The number of carbonyl (C=O) groups excluding carboxylic acids is 1. The Balaban J connectivity index is 2.11. The molecule has 2 aromatic heterocycles. The van der Waals surface area contributed by atoms with Crippen molar-refractivity contribution in [3.05, 3.63) is 24.2 Å². The Morgan fingerprint density at radius 1 is 1.23 bits per heavy atom. The first-order chi connectivity index (χ1) is 10.4. The van der Waals surface area contributed by atoms with E-state index in [2.05, 4.69) is 30.7 Å². The fourth-order valence-corrected chi connectivity index (χ4v) is 1.91. The number of carbonyl (C=O) groups is 1. The van der Waals surface area contributed by atoms with Crippen LogP contribution in [-0.2, 0) is 15.5 Å². The third-order valence-corrected chi connectivity index (χ3v) is 3.02. The lowest BCUT2D eigenvalue weighted by molar-refractivity contribution is -0.114. The maximum absolute atomic E-state index is 11.1. The molecule has 0 spiro atoms. The van der Waals surface area contributed by atoms with Gasteiger partial charge in [-0.3, -0.25) is 14.3 Å². The number of aromatic nitrogens is 5. The van der Waals surface area contributed by atoms with Gasteiger partial charge >= 0.3 is 7.60 Å². The average molecular weight is 325 g/mol. The highest BCUT2D eigenvalue weighted by molar-refractivity contribution is 7.50. The first-order valence-corrected chi connectivity index (χ1v) is 7.74. The zero-order chi connectivity index (χ0) is 16.2. The van der Waals surface area contributed by atoms with Crippen molar-refractivity contribution < 1.29 is 19.1 Å². The van der Waals surface area contributed by atoms with Gasteiger partial charge in [-0.25, -0.2) is 0 Å². The first kappa shape index (κ1) is 16.0. The van der Waals surface area contributed by atoms with Gasteiger partial charge in [-0.15, -0.1) is 20.4 Å². The number of amides is 1. The molecular formula is C10H12N7O4P. The second-order valence-corrected chi connectivity index (χ2v) is 5.79. The van der Waals surface area contributed by atoms with Crippen LogP contribution in [0.1, 0.15) is 5.82 Å². The Morgan fingerprint density at radius 3 is 2.41 bits per heavy atom. The molecule has 0 unspecified atom stereocenters. The molecule has 2 aromatic rings. The number of nitrogens with two attached hydrogens (primary N) is 1. The second-order valence-electron chi connectivity index (χ2n) is 4.15. The lowest BCUT2D eigenvalue weighted by atomic mass is 10.3. The van der Waals surface area contributed by atoms with Crippen molar-refractivity contribution in [3.63, 3.8) is 0 Å². The third kappa shape index (κ3) is 4.60. The molecule has 11 nitrogen and oxygen atoms in total. The van der Waals surface area contributed by atoms with Crippen molar-refractivity contribution in [3.8, 4) is 11.5 Å². The van der Waals surface area contributed by atoms with Crippen molar-refractivity contribution in [1.82, 2.24) is 25.4 Å². The molecule has 0 bridgehead atoms. The van der Waals surface area contributed by atoms with Gasteiger partial charge in [0.2, 0.25) is 11.7 Å². The summed E-state index contributed by atoms with van der Waals surface area (Å²) in [6, 6.07) is 3.11. The molecular weight excluding hydrogens is 313 g/mol. The molecule has 0 aromatic carbocycles. The van der Waals surface area contributed by atoms with E-state index in [1.165, 1.54) is 12.3 Å². The summed E-state index contributed by atoms with van der Waals surface area (Å²) in [6.07, 6.45) is 0.751. The fraction of sp³-hybridized carbons (Fsp3) is 0.200. The van der Waals surface area contributed by atoms with Crippen LogP contribution in [0.15, 0.2) is 18.3 Å². The summed E-state index contributed by atoms with van der Waals surface area (Å²) in [4.78, 5) is 32.7. The van der Waals surface area contributed by atoms with E-state index in [0.29, 0.717) is 11.4 Å². The van der Waals surface area contributed by atoms with Crippen molar-refractivity contribution >= 4 is 19.2 Å². The number of nitrogens with one attached hydrogen (secondary N) is 1. The van der Waals surface area contributed by atoms with Crippen LogP contribution in [0.2, 0.25) is 0 Å². The largest absolute Gasteiger partial charge is 0.333 e. The van der Waals surface area contributed by atoms with Crippen molar-refractivity contribution in [2.24, 2.45) is 5.73 Å². The molecule has 0 saturated carbocycles. The van der Waals surface area contributed by atoms with E-state index in [1.54, 1.807) is 6.07 Å². The van der Waals surface area contributed by atoms with Crippen LogP contribution in [-0.4, -0.2) is 47.6 Å². The summed E-state index contributed by atoms with van der Waals surface area (Å²) < 4.78 is 10.8. The van der Waals surface area contributed by atoms with Crippen LogP contribution < -0.4 is 11.1 Å². The van der Waals surface area contributed by atoms with Crippen LogP contribution in [0, 0.1) is 0 Å². The molecule has 0 aliphatic heterocycles. The van der Waals surface area contributed by atoms with Crippen LogP contribution in [0.25, 0.3) is 11.5 Å². The summed E-state index contributed by atoms with van der Waals surface area (Å²) in [5.41, 5.74) is 5.97. The van der Waals surface area contributed by atoms with Crippen molar-refractivity contribution in [1.29, 1.82) is 0 Å². The monoisotopic (exact) mass is 325 g/mol. The Kier molecular flexibility index (Phi) is 4.83. The molecule has 0 atom stereocenters. The van der Waals surface area contributed by atoms with Crippen LogP contribution in [0.5, 0.6) is 0 Å². The maximum atomic E-state index is 11.1. The lowest BCUT2D eigenvalue weighted by Crippen LogP contribution is -2.21. The zero-order valence-corrected chi connectivity index (χ0v) is 12.0. The number of nitrogens with zero attached hydrogens (tertiary/aromatic N) is 5. The van der Waals surface area contributed by atoms with Crippen molar-refractivity contribution in [2.75, 3.05) is 11.9 Å². The molecule has 5 N–H and O–H groups in total. The summed E-state index contributed by atoms with van der Waals surface area (Å²) in [5, 5.41) is 17.1. The minimum Gasteiger partial charge on any atom is -0.324 e. The minimum atomic E-state index is -4.27. The van der Waals surface area contributed by atoms with Gasteiger partial charge in [0.15, 0.2) is 5.82 Å². The SMILES string of the molecule is NCC(=O)Nc1ccc(-c2nnc(CP(=O)(O)O)nn2)nc1. The van der Waals surface area contributed by atoms with Crippen LogP contribution in [0.4, 0.5) is 5.69 Å². The molecule has 0 aliphatic carbocycles. The summed E-state index contributed by atoms with van der Waals surface area (Å²) in [7, 11) is -4.27. The highest BCUT2D eigenvalue weighted by Gasteiger charge is 2.17. The van der Waals surface area contributed by atoms with Gasteiger partial charge in [0.25, 0.3) is 0 Å². The molecule has 1 amide bonds. The molecule has 0 fully saturated rings. The van der Waals surface area contributed by atoms with E-state index < -0.39 is 13.8 Å². The van der Waals surface area contributed by atoms with E-state index in [4.69, 9.17) is 15.5 Å². The predicted octanol–water partition coefficient (Wildman–Crippen LogP) is -1.10. The van der Waals surface area contributed by atoms with Crippen LogP contribution in [0.3, 0.4) is 0 Å². The smallest absolute Gasteiger partial charge is 0.324 e. The highest BCUT2D eigenvalue weighted by atomic mass is 31.2. The lowest BCUT2D eigenvalue weighted by Gasteiger charge is -2.04. The molecule has 0 saturated heterocycles. The number of hydrogen-bond acceptors (Lipinski definition) is 8. The van der Waals surface area contributed by atoms with E-state index in [-0.39, 0.29) is 24.1 Å². The Morgan fingerprint density at radius 2 is 1.91 bits per heavy atom. The van der Waals surface area contributed by atoms with Gasteiger partial charge in [-0.05, 0) is 12.1 Å². The highest BCUT2D eigenvalue weighted by Crippen LogP contribution is 2.37. The third-order valence-electron chi connectivity index (χ3n) is 2.33. The number of pyridine rings is 1. The maximum Gasteiger partial charge on any atom is 0.333 e. The number of hydrogen-bond donors (Lipinski definition) is 4. The predicted molar refractivity (Wildman–Crippen MR) is 74.3 cm³/mol. The fourth-order valence-electron chi connectivity index (χ4n) is 1.41. The van der Waals surface area contributed by atoms with Gasteiger partial charge in [-0.1, -0.05) is 0 Å². The molecule has 0 aliphatic rings. The van der Waals surface area contributed by atoms with E-state index in [0.717, 1.165) is 0 Å². The summed E-state index contributed by atoms with van der Waals surface area (Å²) >= 11 is 0. The van der Waals surface area contributed by atoms with Gasteiger partial charge in [-0.2, -0.15) is 0 Å². The quantitative estimate of drug-likeness (QED) is 0.493. The molecule has 2 heterocycles. The second kappa shape index (κ2) is 6.62. The van der Waals surface area contributed by atoms with E-state index >= 15 is 0 Å². The molecule has 22 heavy (non-hydrogen) atoms. The topological polar surface area (TPSA) is 177 Å². The molecule has 0 radical (unpaired) electrons. The average Bonchev–Trinajstić information content (AvgIpc) is 2.47. The number of anilines is 1. The summed E-state index contributed by atoms with van der Waals surface area (Å²) in [5.74, 6) is -0.425. The van der Waals surface area contributed by atoms with Gasteiger partial charge in [0.1, 0.15) is 11.9 Å². The zero-order valence-electron chi connectivity index (χ0n) is 11.1. The summed E-state index contributed by atoms with van der Waals surface area (Å²) in [6.45, 7) is -0.139. The van der Waals surface area contributed by atoms with Crippen LogP contribution >= 0.6 is 7.60 Å². The van der Waals surface area contributed by atoms with E-state index in [9.17, 15) is 9.36 Å². The Labute approximate surface area is 124 Å². The Bertz CT molecular complexity index is 700. The molecule has 2 rings (SSSR count). The Hall–Kier alpha value is -2.33. The molecule has 12 heteroatoms. The number of rotatable bonds is 5. The van der Waals surface area contributed by atoms with Gasteiger partial charge < -0.3 is 20.8 Å². The van der Waals surface area contributed by atoms with E-state index in [1.807, 2.05) is 0 Å². The first-order valence-electron chi connectivity index (χ1n) is 5.94. The minimum absolute atomic E-state index is 0.0890. The van der Waals surface area contributed by atoms with Crippen molar-refractivity contribution in [2.45, 2.75) is 6.16 Å².